The number of nitrogens with one attached hydrogen (secondary N) is 2. The molecule has 0 fully saturated rings. The molecule has 0 bridgehead atoms. The first-order chi connectivity index (χ1) is 13.3. The van der Waals surface area contributed by atoms with Gasteiger partial charge < -0.3 is 0 Å². The number of benzene rings is 1. The molecule has 0 saturated carbocycles. The van der Waals surface area contributed by atoms with Crippen molar-refractivity contribution in [3.8, 4) is 0 Å². The summed E-state index contributed by atoms with van der Waals surface area (Å²) in [6.45, 7) is 0. The van der Waals surface area contributed by atoms with Gasteiger partial charge in [-0.1, -0.05) is 12.1 Å². The normalized spacial score (nSPS) is 14.8. The van der Waals surface area contributed by atoms with Crippen molar-refractivity contribution in [1.29, 1.82) is 5.41 Å². The first-order valence-corrected chi connectivity index (χ1v) is 8.73. The summed E-state index contributed by atoms with van der Waals surface area (Å²) in [7, 11) is 2.11. The first-order valence-electron chi connectivity index (χ1n) is 7.96. The number of halogens is 7. The van der Waals surface area contributed by atoms with E-state index in [-0.39, 0.29) is 10.6 Å². The Morgan fingerprint density at radius 1 is 1.03 bits per heavy atom. The molecule has 0 aliphatic carbocycles. The van der Waals surface area contributed by atoms with Crippen molar-refractivity contribution in [2.75, 3.05) is 14.1 Å². The second-order valence-corrected chi connectivity index (χ2v) is 7.04. The Labute approximate surface area is 165 Å². The summed E-state index contributed by atoms with van der Waals surface area (Å²) in [5.74, 6) is -0.705. The number of hydrogen-bond donors (Lipinski definition) is 2. The van der Waals surface area contributed by atoms with Crippen LogP contribution >= 0.6 is 11.9 Å². The van der Waals surface area contributed by atoms with E-state index in [1.807, 2.05) is 5.32 Å². The Morgan fingerprint density at radius 2 is 1.62 bits per heavy atom. The van der Waals surface area contributed by atoms with Crippen LogP contribution in [-0.4, -0.2) is 40.5 Å². The summed E-state index contributed by atoms with van der Waals surface area (Å²) < 4.78 is 94.2. The highest BCUT2D eigenvalue weighted by Gasteiger charge is 2.44. The highest BCUT2D eigenvalue weighted by Crippen LogP contribution is 2.41. The number of rotatable bonds is 6. The van der Waals surface area contributed by atoms with Gasteiger partial charge in [-0.05, 0) is 55.9 Å². The zero-order valence-electron chi connectivity index (χ0n) is 15.0. The molecule has 0 amide bonds. The molecule has 1 unspecified atom stereocenters. The van der Waals surface area contributed by atoms with Gasteiger partial charge in [0, 0.05) is 0 Å². The van der Waals surface area contributed by atoms with Crippen molar-refractivity contribution < 1.29 is 30.7 Å². The third-order valence-electron chi connectivity index (χ3n) is 3.76. The second kappa shape index (κ2) is 8.71. The van der Waals surface area contributed by atoms with Crippen molar-refractivity contribution >= 4 is 11.9 Å². The van der Waals surface area contributed by atoms with E-state index in [0.29, 0.717) is 16.6 Å². The lowest BCUT2D eigenvalue weighted by Crippen LogP contribution is -2.43. The summed E-state index contributed by atoms with van der Waals surface area (Å²) in [6.07, 6.45) is -11.8. The largest absolute Gasteiger partial charge is 0.424 e. The standard InChI is InChI=1S/C16H16F7N5S/c1-25-14(16(21,22)23)28-11(24)7-8-12(26-28)29-27(2)13(15(18,19)20)9-3-5-10(17)6-4-9/h3-8,13-14,24-25H,1-2H3/t13-,14?/m1/s1. The SMILES string of the molecule is CNC(n1nc(SN(C)[C@H](c2ccc(F)cc2)C(F)(F)F)ccc1=N)C(F)(F)F. The van der Waals surface area contributed by atoms with Crippen LogP contribution in [0.1, 0.15) is 17.8 Å². The minimum Gasteiger partial charge on any atom is -0.291 e. The van der Waals surface area contributed by atoms with Crippen LogP contribution in [0.2, 0.25) is 0 Å². The van der Waals surface area contributed by atoms with Gasteiger partial charge in [0.2, 0.25) is 6.17 Å². The lowest BCUT2D eigenvalue weighted by molar-refractivity contribution is -0.178. The summed E-state index contributed by atoms with van der Waals surface area (Å²) in [5, 5.41) is 13.1. The van der Waals surface area contributed by atoms with Crippen molar-refractivity contribution in [2.24, 2.45) is 0 Å². The molecule has 0 saturated heterocycles. The highest BCUT2D eigenvalue weighted by molar-refractivity contribution is 7.97. The smallest absolute Gasteiger partial charge is 0.291 e. The molecule has 0 radical (unpaired) electrons. The topological polar surface area (TPSA) is 56.9 Å². The Hall–Kier alpha value is -2.12. The van der Waals surface area contributed by atoms with Crippen LogP contribution < -0.4 is 10.8 Å². The number of aromatic nitrogens is 2. The average molecular weight is 443 g/mol. The van der Waals surface area contributed by atoms with Gasteiger partial charge in [-0.2, -0.15) is 31.4 Å². The fourth-order valence-corrected chi connectivity index (χ4v) is 3.44. The molecule has 1 aromatic carbocycles. The molecule has 2 N–H and O–H groups in total. The van der Waals surface area contributed by atoms with E-state index in [2.05, 4.69) is 5.10 Å². The van der Waals surface area contributed by atoms with Gasteiger partial charge >= 0.3 is 12.4 Å². The molecule has 2 atom stereocenters. The predicted octanol–water partition coefficient (Wildman–Crippen LogP) is 4.02. The van der Waals surface area contributed by atoms with Crippen molar-refractivity contribution in [2.45, 2.75) is 29.6 Å². The van der Waals surface area contributed by atoms with E-state index in [1.54, 1.807) is 0 Å². The maximum Gasteiger partial charge on any atom is 0.424 e. The van der Waals surface area contributed by atoms with Crippen molar-refractivity contribution in [3.05, 3.63) is 53.3 Å². The van der Waals surface area contributed by atoms with E-state index in [4.69, 9.17) is 5.41 Å². The fourth-order valence-electron chi connectivity index (χ4n) is 2.54. The van der Waals surface area contributed by atoms with E-state index in [0.717, 1.165) is 54.8 Å². The molecule has 2 aromatic rings. The number of nitrogens with zero attached hydrogens (tertiary/aromatic N) is 3. The molecule has 5 nitrogen and oxygen atoms in total. The van der Waals surface area contributed by atoms with Crippen molar-refractivity contribution in [1.82, 2.24) is 19.4 Å². The van der Waals surface area contributed by atoms with E-state index < -0.39 is 35.9 Å². The monoisotopic (exact) mass is 443 g/mol. The quantitative estimate of drug-likeness (QED) is 0.523. The minimum absolute atomic E-state index is 0.190. The second-order valence-electron chi connectivity index (χ2n) is 5.87. The van der Waals surface area contributed by atoms with Crippen LogP contribution in [0, 0.1) is 11.2 Å². The molecule has 0 spiro atoms. The zero-order valence-corrected chi connectivity index (χ0v) is 15.8. The summed E-state index contributed by atoms with van der Waals surface area (Å²) in [6, 6.07) is 3.70. The Morgan fingerprint density at radius 3 is 2.10 bits per heavy atom. The Balaban J connectivity index is 2.37. The molecule has 2 rings (SSSR count). The van der Waals surface area contributed by atoms with Gasteiger partial charge in [-0.15, -0.1) is 0 Å². The zero-order chi connectivity index (χ0) is 22.0. The summed E-state index contributed by atoms with van der Waals surface area (Å²) in [5.41, 5.74) is -0.832. The first kappa shape index (κ1) is 23.2. The van der Waals surface area contributed by atoms with Crippen LogP contribution in [0.25, 0.3) is 0 Å². The van der Waals surface area contributed by atoms with Gasteiger partial charge in [-0.25, -0.2) is 13.4 Å². The average Bonchev–Trinajstić information content (AvgIpc) is 2.58. The molecule has 13 heteroatoms. The van der Waals surface area contributed by atoms with E-state index in [1.165, 1.54) is 0 Å². The van der Waals surface area contributed by atoms with E-state index in [9.17, 15) is 30.7 Å². The lowest BCUT2D eigenvalue weighted by Gasteiger charge is -2.29. The van der Waals surface area contributed by atoms with Gasteiger partial charge in [0.25, 0.3) is 0 Å². The van der Waals surface area contributed by atoms with Crippen LogP contribution in [0.3, 0.4) is 0 Å². The molecule has 160 valence electrons. The maximum atomic E-state index is 13.6. The molecule has 0 aliphatic rings. The Kier molecular flexibility index (Phi) is 6.96. The molecule has 29 heavy (non-hydrogen) atoms. The summed E-state index contributed by atoms with van der Waals surface area (Å²) >= 11 is 0.448. The van der Waals surface area contributed by atoms with Gasteiger partial charge in [0.15, 0.2) is 0 Å². The molecule has 1 aromatic heterocycles. The lowest BCUT2D eigenvalue weighted by atomic mass is 10.1. The van der Waals surface area contributed by atoms with Crippen LogP contribution in [-0.2, 0) is 0 Å². The van der Waals surface area contributed by atoms with E-state index >= 15 is 0 Å². The summed E-state index contributed by atoms with van der Waals surface area (Å²) in [4.78, 5) is 0. The number of alkyl halides is 6. The highest BCUT2D eigenvalue weighted by atomic mass is 32.2. The fraction of sp³-hybridized carbons (Fsp3) is 0.375. The maximum absolute atomic E-state index is 13.6. The van der Waals surface area contributed by atoms with Crippen molar-refractivity contribution in [3.63, 3.8) is 0 Å². The van der Waals surface area contributed by atoms with Gasteiger partial charge in [-0.3, -0.25) is 10.7 Å². The van der Waals surface area contributed by atoms with Gasteiger partial charge in [0.1, 0.15) is 22.4 Å². The van der Waals surface area contributed by atoms with Gasteiger partial charge in [0.05, 0.1) is 0 Å². The third-order valence-corrected chi connectivity index (χ3v) is 4.67. The Bertz CT molecular complexity index is 879. The molecular weight excluding hydrogens is 427 g/mol. The predicted molar refractivity (Wildman–Crippen MR) is 91.0 cm³/mol. The minimum atomic E-state index is -4.78. The molecular formula is C16H16F7N5S. The molecule has 0 aliphatic heterocycles. The number of hydrogen-bond acceptors (Lipinski definition) is 5. The van der Waals surface area contributed by atoms with Crippen LogP contribution in [0.5, 0.6) is 0 Å². The molecule has 1 heterocycles. The third kappa shape index (κ3) is 5.70. The van der Waals surface area contributed by atoms with Crippen LogP contribution in [0.4, 0.5) is 30.7 Å². The van der Waals surface area contributed by atoms with Crippen LogP contribution in [0.15, 0.2) is 41.4 Å².